The predicted molar refractivity (Wildman–Crippen MR) is 110 cm³/mol. The van der Waals surface area contributed by atoms with Crippen molar-refractivity contribution in [3.63, 3.8) is 0 Å². The number of nitrogens with one attached hydrogen (secondary N) is 1. The van der Waals surface area contributed by atoms with Gasteiger partial charge in [-0.25, -0.2) is 13.9 Å². The fourth-order valence-corrected chi connectivity index (χ4v) is 3.49. The number of aromatic nitrogens is 2. The van der Waals surface area contributed by atoms with Crippen LogP contribution in [0.15, 0.2) is 59.7 Å². The standard InChI is InChI=1S/C22H20FN5O2/c1-14-19(15(2)27(26-14)18-11-9-17(23)10-12-18)13-24-28-20(29)22(3,25-21(28)30)16-7-5-4-6-8-16/h4-13H,1-3H3,(H,25,30)/t22-/m1/s1. The highest BCUT2D eigenvalue weighted by Crippen LogP contribution is 2.29. The third-order valence-electron chi connectivity index (χ3n) is 5.24. The summed E-state index contributed by atoms with van der Waals surface area (Å²) in [6.07, 6.45) is 1.45. The molecule has 1 aliphatic heterocycles. The molecule has 1 aromatic heterocycles. The van der Waals surface area contributed by atoms with Crippen molar-refractivity contribution in [2.24, 2.45) is 5.10 Å². The molecular weight excluding hydrogens is 385 g/mol. The maximum atomic E-state index is 13.2. The van der Waals surface area contributed by atoms with Crippen LogP contribution in [0.4, 0.5) is 9.18 Å². The highest BCUT2D eigenvalue weighted by molar-refractivity contribution is 6.07. The van der Waals surface area contributed by atoms with Crippen LogP contribution in [0.25, 0.3) is 5.69 Å². The third-order valence-corrected chi connectivity index (χ3v) is 5.24. The van der Waals surface area contributed by atoms with Gasteiger partial charge in [-0.15, -0.1) is 5.01 Å². The van der Waals surface area contributed by atoms with Gasteiger partial charge in [0.2, 0.25) is 0 Å². The van der Waals surface area contributed by atoms with E-state index in [0.717, 1.165) is 10.7 Å². The summed E-state index contributed by atoms with van der Waals surface area (Å²) in [6, 6.07) is 14.4. The second kappa shape index (κ2) is 7.22. The summed E-state index contributed by atoms with van der Waals surface area (Å²) in [5.74, 6) is -0.793. The Balaban J connectivity index is 1.64. The molecule has 1 saturated heterocycles. The third kappa shape index (κ3) is 3.16. The summed E-state index contributed by atoms with van der Waals surface area (Å²) in [7, 11) is 0. The van der Waals surface area contributed by atoms with Crippen LogP contribution in [0.3, 0.4) is 0 Å². The second-order valence-corrected chi connectivity index (χ2v) is 7.26. The van der Waals surface area contributed by atoms with Crippen LogP contribution in [-0.4, -0.2) is 32.9 Å². The van der Waals surface area contributed by atoms with Crippen LogP contribution in [0.1, 0.15) is 29.4 Å². The minimum atomic E-state index is -1.18. The highest BCUT2D eigenvalue weighted by Gasteiger charge is 2.49. The lowest BCUT2D eigenvalue weighted by molar-refractivity contribution is -0.131. The predicted octanol–water partition coefficient (Wildman–Crippen LogP) is 3.43. The first-order valence-corrected chi connectivity index (χ1v) is 9.39. The lowest BCUT2D eigenvalue weighted by Crippen LogP contribution is -2.40. The molecule has 1 aliphatic rings. The quantitative estimate of drug-likeness (QED) is 0.534. The zero-order chi connectivity index (χ0) is 21.5. The van der Waals surface area contributed by atoms with E-state index in [4.69, 9.17) is 0 Å². The van der Waals surface area contributed by atoms with E-state index in [1.54, 1.807) is 42.8 Å². The number of carbonyl (C=O) groups is 2. The fourth-order valence-electron chi connectivity index (χ4n) is 3.49. The van der Waals surface area contributed by atoms with Gasteiger partial charge in [0.05, 0.1) is 23.3 Å². The Morgan fingerprint density at radius 3 is 2.40 bits per heavy atom. The van der Waals surface area contributed by atoms with Crippen molar-refractivity contribution in [1.29, 1.82) is 0 Å². The average molecular weight is 405 g/mol. The SMILES string of the molecule is Cc1nn(-c2ccc(F)cc2)c(C)c1C=NN1C(=O)N[C@](C)(c2ccccc2)C1=O. The van der Waals surface area contributed by atoms with Crippen molar-refractivity contribution < 1.29 is 14.0 Å². The molecule has 0 bridgehead atoms. The summed E-state index contributed by atoms with van der Waals surface area (Å²) in [4.78, 5) is 25.4. The molecule has 30 heavy (non-hydrogen) atoms. The van der Waals surface area contributed by atoms with Crippen molar-refractivity contribution in [2.75, 3.05) is 0 Å². The molecule has 0 saturated carbocycles. The molecule has 1 atom stereocenters. The molecule has 7 nitrogen and oxygen atoms in total. The monoisotopic (exact) mass is 405 g/mol. The van der Waals surface area contributed by atoms with Crippen LogP contribution in [0.5, 0.6) is 0 Å². The molecule has 152 valence electrons. The minimum absolute atomic E-state index is 0.331. The first-order chi connectivity index (χ1) is 14.3. The Morgan fingerprint density at radius 2 is 1.73 bits per heavy atom. The van der Waals surface area contributed by atoms with Gasteiger partial charge >= 0.3 is 6.03 Å². The summed E-state index contributed by atoms with van der Waals surface area (Å²) in [5.41, 5.74) is 2.28. The maximum Gasteiger partial charge on any atom is 0.346 e. The summed E-state index contributed by atoms with van der Waals surface area (Å²) in [5, 5.41) is 12.2. The van der Waals surface area contributed by atoms with Crippen molar-refractivity contribution >= 4 is 18.2 Å². The number of amides is 3. The molecule has 0 aliphatic carbocycles. The van der Waals surface area contributed by atoms with Crippen LogP contribution in [0, 0.1) is 19.7 Å². The summed E-state index contributed by atoms with van der Waals surface area (Å²) >= 11 is 0. The fraction of sp³-hybridized carbons (Fsp3) is 0.182. The molecule has 1 N–H and O–H groups in total. The van der Waals surface area contributed by atoms with E-state index >= 15 is 0 Å². The van der Waals surface area contributed by atoms with E-state index in [0.29, 0.717) is 22.5 Å². The Hall–Kier alpha value is -3.81. The summed E-state index contributed by atoms with van der Waals surface area (Å²) < 4.78 is 14.9. The van der Waals surface area contributed by atoms with Gasteiger partial charge in [0.25, 0.3) is 5.91 Å². The molecule has 0 radical (unpaired) electrons. The Labute approximate surface area is 172 Å². The normalized spacial score (nSPS) is 19.0. The zero-order valence-corrected chi connectivity index (χ0v) is 16.8. The number of hydrazone groups is 1. The van der Waals surface area contributed by atoms with Gasteiger partial charge in [-0.2, -0.15) is 10.2 Å². The van der Waals surface area contributed by atoms with Crippen molar-refractivity contribution in [3.05, 3.63) is 82.9 Å². The lowest BCUT2D eigenvalue weighted by atomic mass is 9.92. The Kier molecular flexibility index (Phi) is 4.69. The molecule has 2 heterocycles. The number of urea groups is 1. The van der Waals surface area contributed by atoms with E-state index < -0.39 is 17.5 Å². The van der Waals surface area contributed by atoms with Crippen LogP contribution >= 0.6 is 0 Å². The molecule has 0 spiro atoms. The number of nitrogens with zero attached hydrogens (tertiary/aromatic N) is 4. The van der Waals surface area contributed by atoms with Crippen molar-refractivity contribution in [1.82, 2.24) is 20.1 Å². The van der Waals surface area contributed by atoms with E-state index in [1.807, 2.05) is 25.1 Å². The lowest BCUT2D eigenvalue weighted by Gasteiger charge is -2.20. The number of rotatable bonds is 4. The van der Waals surface area contributed by atoms with Gasteiger partial charge in [0.15, 0.2) is 0 Å². The van der Waals surface area contributed by atoms with Gasteiger partial charge in [0.1, 0.15) is 11.4 Å². The molecule has 4 rings (SSSR count). The molecular formula is C22H20FN5O2. The van der Waals surface area contributed by atoms with Gasteiger partial charge in [0, 0.05) is 5.56 Å². The average Bonchev–Trinajstić information content (AvgIpc) is 3.14. The number of halogens is 1. The van der Waals surface area contributed by atoms with Crippen LogP contribution < -0.4 is 5.32 Å². The van der Waals surface area contributed by atoms with Gasteiger partial charge in [-0.1, -0.05) is 30.3 Å². The first-order valence-electron chi connectivity index (χ1n) is 9.39. The van der Waals surface area contributed by atoms with Crippen LogP contribution in [-0.2, 0) is 10.3 Å². The van der Waals surface area contributed by atoms with E-state index in [2.05, 4.69) is 15.5 Å². The number of hydrogen-bond donors (Lipinski definition) is 1. The van der Waals surface area contributed by atoms with E-state index in [1.165, 1.54) is 18.3 Å². The topological polar surface area (TPSA) is 79.6 Å². The molecule has 2 aromatic carbocycles. The molecule has 3 amide bonds. The number of aryl methyl sites for hydroxylation is 1. The van der Waals surface area contributed by atoms with Crippen molar-refractivity contribution in [2.45, 2.75) is 26.3 Å². The smallest absolute Gasteiger partial charge is 0.318 e. The molecule has 8 heteroatoms. The number of imide groups is 1. The number of hydrogen-bond acceptors (Lipinski definition) is 4. The van der Waals surface area contributed by atoms with E-state index in [9.17, 15) is 14.0 Å². The summed E-state index contributed by atoms with van der Waals surface area (Å²) in [6.45, 7) is 5.29. The van der Waals surface area contributed by atoms with Gasteiger partial charge < -0.3 is 5.32 Å². The molecule has 1 fully saturated rings. The highest BCUT2D eigenvalue weighted by atomic mass is 19.1. The minimum Gasteiger partial charge on any atom is -0.318 e. The number of carbonyl (C=O) groups excluding carboxylic acids is 2. The zero-order valence-electron chi connectivity index (χ0n) is 16.8. The number of benzene rings is 2. The Morgan fingerprint density at radius 1 is 1.07 bits per heavy atom. The van der Waals surface area contributed by atoms with Crippen LogP contribution in [0.2, 0.25) is 0 Å². The maximum absolute atomic E-state index is 13.2. The Bertz CT molecular complexity index is 1150. The molecule has 3 aromatic rings. The van der Waals surface area contributed by atoms with Crippen molar-refractivity contribution in [3.8, 4) is 5.69 Å². The largest absolute Gasteiger partial charge is 0.346 e. The van der Waals surface area contributed by atoms with E-state index in [-0.39, 0.29) is 5.82 Å². The van der Waals surface area contributed by atoms with Gasteiger partial charge in [-0.3, -0.25) is 4.79 Å². The second-order valence-electron chi connectivity index (χ2n) is 7.26. The van der Waals surface area contributed by atoms with Gasteiger partial charge in [-0.05, 0) is 50.6 Å². The first kappa shape index (κ1) is 19.5. The molecule has 0 unspecified atom stereocenters.